The summed E-state index contributed by atoms with van der Waals surface area (Å²) in [6, 6.07) is 7.23. The smallest absolute Gasteiger partial charge is 0.0303 e. The van der Waals surface area contributed by atoms with Crippen LogP contribution in [0.1, 0.15) is 43.9 Å². The second-order valence-electron chi connectivity index (χ2n) is 6.69. The highest BCUT2D eigenvalue weighted by atomic mass is 15.2. The monoisotopic (exact) mass is 276 g/mol. The number of hydrogen-bond acceptors (Lipinski definition) is 2. The molecule has 0 saturated heterocycles. The van der Waals surface area contributed by atoms with Gasteiger partial charge < -0.3 is 10.2 Å². The van der Waals surface area contributed by atoms with Crippen molar-refractivity contribution in [2.45, 2.75) is 59.0 Å². The molecule has 0 bridgehead atoms. The molecule has 0 saturated carbocycles. The molecule has 0 fully saturated rings. The molecule has 1 aromatic carbocycles. The molecule has 1 rings (SSSR count). The summed E-state index contributed by atoms with van der Waals surface area (Å²) in [6.45, 7) is 12.3. The van der Waals surface area contributed by atoms with Gasteiger partial charge in [0, 0.05) is 11.6 Å². The molecule has 2 heteroatoms. The van der Waals surface area contributed by atoms with Gasteiger partial charge in [-0.05, 0) is 72.3 Å². The van der Waals surface area contributed by atoms with Gasteiger partial charge in [-0.1, -0.05) is 30.7 Å². The van der Waals surface area contributed by atoms with E-state index in [0.29, 0.717) is 6.04 Å². The number of aryl methyl sites for hydroxylation is 2. The predicted octanol–water partition coefficient (Wildman–Crippen LogP) is 3.55. The summed E-state index contributed by atoms with van der Waals surface area (Å²) in [7, 11) is 4.34. The van der Waals surface area contributed by atoms with Crippen LogP contribution < -0.4 is 5.32 Å². The van der Waals surface area contributed by atoms with Crippen LogP contribution in [-0.2, 0) is 6.42 Å². The molecule has 1 unspecified atom stereocenters. The van der Waals surface area contributed by atoms with Gasteiger partial charge in [0.1, 0.15) is 0 Å². The van der Waals surface area contributed by atoms with Crippen molar-refractivity contribution in [3.05, 3.63) is 34.9 Å². The Bertz CT molecular complexity index is 421. The van der Waals surface area contributed by atoms with Crippen LogP contribution in [0.15, 0.2) is 18.2 Å². The molecule has 1 aromatic rings. The van der Waals surface area contributed by atoms with Gasteiger partial charge in [0.15, 0.2) is 0 Å². The maximum Gasteiger partial charge on any atom is 0.0303 e. The topological polar surface area (TPSA) is 15.3 Å². The summed E-state index contributed by atoms with van der Waals surface area (Å²) in [5.41, 5.74) is 4.34. The molecule has 1 N–H and O–H groups in total. The summed E-state index contributed by atoms with van der Waals surface area (Å²) in [6.07, 6.45) is 2.26. The number of hydrogen-bond donors (Lipinski definition) is 1. The van der Waals surface area contributed by atoms with Gasteiger partial charge in [-0.2, -0.15) is 0 Å². The van der Waals surface area contributed by atoms with Crippen LogP contribution in [0.25, 0.3) is 0 Å². The Labute approximate surface area is 125 Å². The van der Waals surface area contributed by atoms with E-state index in [0.717, 1.165) is 13.0 Å². The maximum absolute atomic E-state index is 3.74. The first-order valence-electron chi connectivity index (χ1n) is 7.76. The van der Waals surface area contributed by atoms with Crippen LogP contribution in [0.3, 0.4) is 0 Å². The van der Waals surface area contributed by atoms with Crippen molar-refractivity contribution in [3.63, 3.8) is 0 Å². The third kappa shape index (κ3) is 4.32. The molecule has 0 spiro atoms. The summed E-state index contributed by atoms with van der Waals surface area (Å²) < 4.78 is 0. The zero-order valence-electron chi connectivity index (χ0n) is 14.4. The quantitative estimate of drug-likeness (QED) is 0.819. The van der Waals surface area contributed by atoms with Crippen molar-refractivity contribution < 1.29 is 0 Å². The van der Waals surface area contributed by atoms with Gasteiger partial charge in [0.05, 0.1) is 0 Å². The van der Waals surface area contributed by atoms with Crippen molar-refractivity contribution in [1.29, 1.82) is 0 Å². The van der Waals surface area contributed by atoms with Gasteiger partial charge in [-0.15, -0.1) is 0 Å². The Hall–Kier alpha value is -0.860. The number of nitrogens with zero attached hydrogens (tertiary/aromatic N) is 1. The highest BCUT2D eigenvalue weighted by molar-refractivity contribution is 5.31. The van der Waals surface area contributed by atoms with E-state index in [1.165, 1.54) is 23.1 Å². The normalized spacial score (nSPS) is 13.8. The van der Waals surface area contributed by atoms with Crippen LogP contribution in [0.2, 0.25) is 0 Å². The second kappa shape index (κ2) is 7.24. The second-order valence-corrected chi connectivity index (χ2v) is 6.69. The molecule has 2 nitrogen and oxygen atoms in total. The Morgan fingerprint density at radius 1 is 1.20 bits per heavy atom. The SMILES string of the molecule is CCCNC(Cc1cc(C)ccc1C)C(C)(C)N(C)C. The first-order chi connectivity index (χ1) is 9.28. The molecule has 0 aromatic heterocycles. The first-order valence-corrected chi connectivity index (χ1v) is 7.76. The molecule has 0 aliphatic heterocycles. The van der Waals surface area contributed by atoms with E-state index in [1.54, 1.807) is 0 Å². The van der Waals surface area contributed by atoms with Crippen LogP contribution >= 0.6 is 0 Å². The zero-order chi connectivity index (χ0) is 15.3. The number of likely N-dealkylation sites (N-methyl/N-ethyl adjacent to an activating group) is 1. The third-order valence-electron chi connectivity index (χ3n) is 4.57. The molecule has 0 heterocycles. The van der Waals surface area contributed by atoms with Crippen LogP contribution in [0, 0.1) is 13.8 Å². The highest BCUT2D eigenvalue weighted by Gasteiger charge is 2.31. The Kier molecular flexibility index (Phi) is 6.22. The van der Waals surface area contributed by atoms with Gasteiger partial charge in [-0.3, -0.25) is 0 Å². The Morgan fingerprint density at radius 3 is 2.40 bits per heavy atom. The third-order valence-corrected chi connectivity index (χ3v) is 4.57. The van der Waals surface area contributed by atoms with E-state index < -0.39 is 0 Å². The van der Waals surface area contributed by atoms with Gasteiger partial charge in [0.25, 0.3) is 0 Å². The van der Waals surface area contributed by atoms with Crippen LogP contribution in [-0.4, -0.2) is 37.1 Å². The summed E-state index contributed by atoms with van der Waals surface area (Å²) in [5.74, 6) is 0. The minimum absolute atomic E-state index is 0.130. The Morgan fingerprint density at radius 2 is 1.85 bits per heavy atom. The van der Waals surface area contributed by atoms with E-state index in [9.17, 15) is 0 Å². The number of benzene rings is 1. The average Bonchev–Trinajstić information content (AvgIpc) is 2.38. The fraction of sp³-hybridized carbons (Fsp3) is 0.667. The Balaban J connectivity index is 2.97. The van der Waals surface area contributed by atoms with Crippen LogP contribution in [0.5, 0.6) is 0 Å². The minimum atomic E-state index is 0.130. The predicted molar refractivity (Wildman–Crippen MR) is 89.5 cm³/mol. The molecule has 114 valence electrons. The molecule has 0 radical (unpaired) electrons. The van der Waals surface area contributed by atoms with E-state index >= 15 is 0 Å². The van der Waals surface area contributed by atoms with Gasteiger partial charge >= 0.3 is 0 Å². The van der Waals surface area contributed by atoms with E-state index in [1.807, 2.05) is 0 Å². The fourth-order valence-electron chi connectivity index (χ4n) is 2.44. The first kappa shape index (κ1) is 17.2. The molecule has 0 aliphatic rings. The van der Waals surface area contributed by atoms with Crippen molar-refractivity contribution in [2.75, 3.05) is 20.6 Å². The van der Waals surface area contributed by atoms with Crippen molar-refractivity contribution in [2.24, 2.45) is 0 Å². The summed E-state index contributed by atoms with van der Waals surface area (Å²) in [4.78, 5) is 2.32. The number of nitrogens with one attached hydrogen (secondary N) is 1. The number of rotatable bonds is 7. The lowest BCUT2D eigenvalue weighted by Crippen LogP contribution is -2.56. The van der Waals surface area contributed by atoms with Crippen molar-refractivity contribution >= 4 is 0 Å². The lowest BCUT2D eigenvalue weighted by atomic mass is 9.86. The zero-order valence-corrected chi connectivity index (χ0v) is 14.4. The lowest BCUT2D eigenvalue weighted by molar-refractivity contribution is 0.137. The molecular weight excluding hydrogens is 244 g/mol. The molecule has 0 aliphatic carbocycles. The van der Waals surface area contributed by atoms with E-state index in [4.69, 9.17) is 0 Å². The van der Waals surface area contributed by atoms with Crippen LogP contribution in [0.4, 0.5) is 0 Å². The molecule has 1 atom stereocenters. The molecule has 0 amide bonds. The lowest BCUT2D eigenvalue weighted by Gasteiger charge is -2.41. The minimum Gasteiger partial charge on any atom is -0.312 e. The van der Waals surface area contributed by atoms with E-state index in [2.05, 4.69) is 77.1 Å². The summed E-state index contributed by atoms with van der Waals surface area (Å²) in [5, 5.41) is 3.74. The van der Waals surface area contributed by atoms with Gasteiger partial charge in [-0.25, -0.2) is 0 Å². The average molecular weight is 276 g/mol. The standard InChI is InChI=1S/C18H32N2/c1-8-11-19-17(18(4,5)20(6)7)13-16-12-14(2)9-10-15(16)3/h9-10,12,17,19H,8,11,13H2,1-7H3. The highest BCUT2D eigenvalue weighted by Crippen LogP contribution is 2.22. The fourth-order valence-corrected chi connectivity index (χ4v) is 2.44. The molecular formula is C18H32N2. The maximum atomic E-state index is 3.74. The molecule has 20 heavy (non-hydrogen) atoms. The van der Waals surface area contributed by atoms with Gasteiger partial charge in [0.2, 0.25) is 0 Å². The largest absolute Gasteiger partial charge is 0.312 e. The van der Waals surface area contributed by atoms with Crippen molar-refractivity contribution in [3.8, 4) is 0 Å². The summed E-state index contributed by atoms with van der Waals surface area (Å²) >= 11 is 0. The van der Waals surface area contributed by atoms with E-state index in [-0.39, 0.29) is 5.54 Å². The van der Waals surface area contributed by atoms with Crippen molar-refractivity contribution in [1.82, 2.24) is 10.2 Å².